The summed E-state index contributed by atoms with van der Waals surface area (Å²) in [5.74, 6) is -0.502. The number of rotatable bonds is 5. The number of fused-ring (bicyclic) bond motifs is 1. The molecule has 8 heteroatoms. The minimum absolute atomic E-state index is 0.0157. The number of benzene rings is 2. The molecule has 3 heterocycles. The van der Waals surface area contributed by atoms with Gasteiger partial charge in [-0.05, 0) is 55.6 Å². The second kappa shape index (κ2) is 9.39. The summed E-state index contributed by atoms with van der Waals surface area (Å²) in [5, 5.41) is 3.89. The second-order valence-corrected chi connectivity index (χ2v) is 10.0. The summed E-state index contributed by atoms with van der Waals surface area (Å²) in [4.78, 5) is 33.1. The van der Waals surface area contributed by atoms with Crippen molar-refractivity contribution in [3.05, 3.63) is 65.1 Å². The first-order chi connectivity index (χ1) is 16.4. The van der Waals surface area contributed by atoms with E-state index >= 15 is 0 Å². The van der Waals surface area contributed by atoms with Crippen LogP contribution in [0.4, 0.5) is 10.1 Å². The lowest BCUT2D eigenvalue weighted by atomic mass is 9.79. The van der Waals surface area contributed by atoms with Crippen LogP contribution in [0.1, 0.15) is 24.8 Å². The van der Waals surface area contributed by atoms with E-state index in [0.717, 1.165) is 61.9 Å². The molecular formula is C26H28ClFN4O2. The van der Waals surface area contributed by atoms with Crippen molar-refractivity contribution in [2.24, 2.45) is 5.41 Å². The van der Waals surface area contributed by atoms with Gasteiger partial charge in [0.15, 0.2) is 0 Å². The Labute approximate surface area is 203 Å². The fourth-order valence-electron chi connectivity index (χ4n) is 5.46. The number of aromatic nitrogens is 1. The molecule has 1 atom stereocenters. The standard InChI is InChI=1S/C26H28ClFN4O2/c27-21-13-19(6-7-22(21)28)30-24(33)15-31-10-3-8-26(16-31)9-11-32(17-26)25(34)12-18-14-29-23-5-2-1-4-20(18)23/h1-2,4-7,13-14,29H,3,8-12,15-17H2,(H,30,33). The Balaban J connectivity index is 1.17. The number of amides is 2. The number of carbonyl (C=O) groups excluding carboxylic acids is 2. The van der Waals surface area contributed by atoms with Crippen molar-refractivity contribution in [1.29, 1.82) is 0 Å². The molecule has 0 aliphatic carbocycles. The van der Waals surface area contributed by atoms with E-state index in [2.05, 4.69) is 15.2 Å². The summed E-state index contributed by atoms with van der Waals surface area (Å²) in [6.07, 6.45) is 5.35. The Bertz CT molecular complexity index is 1230. The fourth-order valence-corrected chi connectivity index (χ4v) is 5.64. The number of aromatic amines is 1. The third kappa shape index (κ3) is 4.81. The summed E-state index contributed by atoms with van der Waals surface area (Å²) in [6.45, 7) is 3.40. The average Bonchev–Trinajstić information content (AvgIpc) is 3.41. The number of nitrogens with zero attached hydrogens (tertiary/aromatic N) is 2. The third-order valence-electron chi connectivity index (χ3n) is 7.12. The molecule has 5 rings (SSSR count). The van der Waals surface area contributed by atoms with Gasteiger partial charge < -0.3 is 15.2 Å². The number of likely N-dealkylation sites (tertiary alicyclic amines) is 2. The zero-order chi connectivity index (χ0) is 23.7. The SMILES string of the molecule is O=C(CN1CCCC2(CCN(C(=O)Cc3c[nH]c4ccccc34)C2)C1)Nc1ccc(F)c(Cl)c1. The van der Waals surface area contributed by atoms with E-state index in [0.29, 0.717) is 12.1 Å². The maximum absolute atomic E-state index is 13.4. The first-order valence-electron chi connectivity index (χ1n) is 11.7. The van der Waals surface area contributed by atoms with Gasteiger partial charge in [-0.1, -0.05) is 29.8 Å². The number of carbonyl (C=O) groups is 2. The molecule has 34 heavy (non-hydrogen) atoms. The van der Waals surface area contributed by atoms with Gasteiger partial charge in [0.2, 0.25) is 11.8 Å². The van der Waals surface area contributed by atoms with Crippen molar-refractivity contribution < 1.29 is 14.0 Å². The fraction of sp³-hybridized carbons (Fsp3) is 0.385. The van der Waals surface area contributed by atoms with Gasteiger partial charge in [-0.15, -0.1) is 0 Å². The quantitative estimate of drug-likeness (QED) is 0.564. The molecule has 0 bridgehead atoms. The number of H-pyrrole nitrogens is 1. The van der Waals surface area contributed by atoms with Crippen LogP contribution in [-0.2, 0) is 16.0 Å². The normalized spacial score (nSPS) is 20.8. The lowest BCUT2D eigenvalue weighted by Crippen LogP contribution is -2.47. The van der Waals surface area contributed by atoms with Crippen molar-refractivity contribution in [1.82, 2.24) is 14.8 Å². The third-order valence-corrected chi connectivity index (χ3v) is 7.41. The monoisotopic (exact) mass is 482 g/mol. The lowest BCUT2D eigenvalue weighted by Gasteiger charge is -2.40. The van der Waals surface area contributed by atoms with E-state index in [1.165, 1.54) is 18.2 Å². The van der Waals surface area contributed by atoms with Gasteiger partial charge in [-0.3, -0.25) is 14.5 Å². The lowest BCUT2D eigenvalue weighted by molar-refractivity contribution is -0.130. The molecule has 1 aromatic heterocycles. The number of nitrogens with one attached hydrogen (secondary N) is 2. The number of hydrogen-bond acceptors (Lipinski definition) is 3. The topological polar surface area (TPSA) is 68.4 Å². The highest BCUT2D eigenvalue weighted by Crippen LogP contribution is 2.39. The van der Waals surface area contributed by atoms with Crippen LogP contribution in [0, 0.1) is 11.2 Å². The Hall–Kier alpha value is -2.90. The first-order valence-corrected chi connectivity index (χ1v) is 12.1. The van der Waals surface area contributed by atoms with Crippen LogP contribution < -0.4 is 5.32 Å². The second-order valence-electron chi connectivity index (χ2n) is 9.59. The molecule has 1 unspecified atom stereocenters. The van der Waals surface area contributed by atoms with Crippen LogP contribution in [0.3, 0.4) is 0 Å². The number of hydrogen-bond donors (Lipinski definition) is 2. The van der Waals surface area contributed by atoms with Crippen LogP contribution in [0.25, 0.3) is 10.9 Å². The molecule has 2 aliphatic rings. The molecule has 2 aliphatic heterocycles. The van der Waals surface area contributed by atoms with Gasteiger partial charge in [-0.2, -0.15) is 0 Å². The average molecular weight is 483 g/mol. The van der Waals surface area contributed by atoms with Crippen LogP contribution in [-0.4, -0.2) is 59.3 Å². The highest BCUT2D eigenvalue weighted by atomic mass is 35.5. The molecule has 3 aromatic rings. The minimum atomic E-state index is -0.511. The molecule has 0 saturated carbocycles. The Kier molecular flexibility index (Phi) is 6.32. The van der Waals surface area contributed by atoms with Crippen molar-refractivity contribution in [2.75, 3.05) is 38.0 Å². The summed E-state index contributed by atoms with van der Waals surface area (Å²) in [6, 6.07) is 12.2. The maximum atomic E-state index is 13.4. The highest BCUT2D eigenvalue weighted by Gasteiger charge is 2.42. The van der Waals surface area contributed by atoms with Crippen LogP contribution in [0.2, 0.25) is 5.02 Å². The molecule has 0 radical (unpaired) electrons. The van der Waals surface area contributed by atoms with Crippen LogP contribution in [0.15, 0.2) is 48.7 Å². The molecule has 2 fully saturated rings. The molecule has 6 nitrogen and oxygen atoms in total. The zero-order valence-electron chi connectivity index (χ0n) is 18.9. The van der Waals surface area contributed by atoms with Crippen LogP contribution in [0.5, 0.6) is 0 Å². The molecule has 2 amide bonds. The van der Waals surface area contributed by atoms with Gasteiger partial charge in [0.25, 0.3) is 0 Å². The van der Waals surface area contributed by atoms with E-state index in [1.807, 2.05) is 35.4 Å². The van der Waals surface area contributed by atoms with Gasteiger partial charge in [-0.25, -0.2) is 4.39 Å². The number of halogens is 2. The summed E-state index contributed by atoms with van der Waals surface area (Å²) >= 11 is 5.81. The van der Waals surface area contributed by atoms with Crippen LogP contribution >= 0.6 is 11.6 Å². The van der Waals surface area contributed by atoms with E-state index in [4.69, 9.17) is 11.6 Å². The molecular weight excluding hydrogens is 455 g/mol. The molecule has 178 valence electrons. The Morgan fingerprint density at radius 3 is 2.82 bits per heavy atom. The van der Waals surface area contributed by atoms with E-state index in [-0.39, 0.29) is 28.8 Å². The van der Waals surface area contributed by atoms with Crippen molar-refractivity contribution in [2.45, 2.75) is 25.7 Å². The minimum Gasteiger partial charge on any atom is -0.361 e. The predicted molar refractivity (Wildman–Crippen MR) is 131 cm³/mol. The van der Waals surface area contributed by atoms with Crippen molar-refractivity contribution in [3.63, 3.8) is 0 Å². The Morgan fingerprint density at radius 1 is 1.12 bits per heavy atom. The van der Waals surface area contributed by atoms with Crippen molar-refractivity contribution >= 4 is 40.0 Å². The van der Waals surface area contributed by atoms with Gasteiger partial charge in [0.05, 0.1) is 18.0 Å². The summed E-state index contributed by atoms with van der Waals surface area (Å²) < 4.78 is 13.4. The summed E-state index contributed by atoms with van der Waals surface area (Å²) in [7, 11) is 0. The summed E-state index contributed by atoms with van der Waals surface area (Å²) in [5.41, 5.74) is 2.60. The molecule has 2 saturated heterocycles. The zero-order valence-corrected chi connectivity index (χ0v) is 19.7. The van der Waals surface area contributed by atoms with Crippen molar-refractivity contribution in [3.8, 4) is 0 Å². The van der Waals surface area contributed by atoms with Gasteiger partial charge in [0.1, 0.15) is 5.82 Å². The predicted octanol–water partition coefficient (Wildman–Crippen LogP) is 4.46. The van der Waals surface area contributed by atoms with E-state index < -0.39 is 5.82 Å². The number of anilines is 1. The largest absolute Gasteiger partial charge is 0.361 e. The van der Waals surface area contributed by atoms with E-state index in [9.17, 15) is 14.0 Å². The molecule has 1 spiro atoms. The number of para-hydroxylation sites is 1. The number of piperidine rings is 1. The highest BCUT2D eigenvalue weighted by molar-refractivity contribution is 6.31. The first kappa shape index (κ1) is 22.9. The molecule has 2 N–H and O–H groups in total. The smallest absolute Gasteiger partial charge is 0.238 e. The van der Waals surface area contributed by atoms with Gasteiger partial charge in [0, 0.05) is 47.8 Å². The Morgan fingerprint density at radius 2 is 1.97 bits per heavy atom. The maximum Gasteiger partial charge on any atom is 0.238 e. The molecule has 2 aromatic carbocycles. The van der Waals surface area contributed by atoms with Gasteiger partial charge >= 0.3 is 0 Å². The van der Waals surface area contributed by atoms with E-state index in [1.54, 1.807) is 0 Å².